The largest absolute Gasteiger partial charge is 0.366 e. The molecule has 0 aliphatic heterocycles. The summed E-state index contributed by atoms with van der Waals surface area (Å²) in [6.07, 6.45) is 3.44. The maximum atomic E-state index is 14.4. The number of halogens is 1. The molecule has 112 valence electrons. The van der Waals surface area contributed by atoms with Crippen molar-refractivity contribution in [3.8, 4) is 0 Å². The molecule has 0 amide bonds. The average molecular weight is 278 g/mol. The number of rotatable bonds is 6. The van der Waals surface area contributed by atoms with Crippen molar-refractivity contribution in [1.82, 2.24) is 5.32 Å². The van der Waals surface area contributed by atoms with Crippen molar-refractivity contribution in [1.29, 1.82) is 0 Å². The first-order valence-corrected chi connectivity index (χ1v) is 7.71. The highest BCUT2D eigenvalue weighted by Crippen LogP contribution is 2.35. The SMILES string of the molecule is CCCN(c1c(F)cccc1CNC(C)(C)C)C1CC1. The zero-order valence-electron chi connectivity index (χ0n) is 13.2. The minimum atomic E-state index is -0.0847. The van der Waals surface area contributed by atoms with E-state index in [-0.39, 0.29) is 11.4 Å². The lowest BCUT2D eigenvalue weighted by molar-refractivity contribution is 0.423. The molecule has 1 aliphatic rings. The van der Waals surface area contributed by atoms with Crippen LogP contribution in [-0.4, -0.2) is 18.1 Å². The summed E-state index contributed by atoms with van der Waals surface area (Å²) >= 11 is 0. The second-order valence-electron chi connectivity index (χ2n) is 6.78. The molecule has 2 nitrogen and oxygen atoms in total. The highest BCUT2D eigenvalue weighted by Gasteiger charge is 2.31. The minimum absolute atomic E-state index is 0.0404. The molecule has 1 N–H and O–H groups in total. The smallest absolute Gasteiger partial charge is 0.146 e. The van der Waals surface area contributed by atoms with Gasteiger partial charge in [0.1, 0.15) is 5.82 Å². The Labute approximate surface area is 122 Å². The fraction of sp³-hybridized carbons (Fsp3) is 0.647. The molecule has 1 aliphatic carbocycles. The molecule has 0 bridgehead atoms. The van der Waals surface area contributed by atoms with E-state index in [1.54, 1.807) is 6.07 Å². The number of benzene rings is 1. The maximum absolute atomic E-state index is 14.4. The molecule has 0 heterocycles. The van der Waals surface area contributed by atoms with Crippen molar-refractivity contribution >= 4 is 5.69 Å². The van der Waals surface area contributed by atoms with Crippen molar-refractivity contribution in [3.05, 3.63) is 29.6 Å². The van der Waals surface area contributed by atoms with E-state index in [1.807, 2.05) is 12.1 Å². The van der Waals surface area contributed by atoms with Crippen LogP contribution in [0.1, 0.15) is 52.5 Å². The van der Waals surface area contributed by atoms with Gasteiger partial charge in [0, 0.05) is 24.7 Å². The molecule has 0 saturated heterocycles. The standard InChI is InChI=1S/C17H27FN2/c1-5-11-20(14-9-10-14)16-13(7-6-8-15(16)18)12-19-17(2,3)4/h6-8,14,19H,5,9-12H2,1-4H3. The fourth-order valence-electron chi connectivity index (χ4n) is 2.49. The van der Waals surface area contributed by atoms with Crippen LogP contribution in [-0.2, 0) is 6.54 Å². The fourth-order valence-corrected chi connectivity index (χ4v) is 2.49. The Morgan fingerprint density at radius 3 is 2.55 bits per heavy atom. The highest BCUT2D eigenvalue weighted by atomic mass is 19.1. The summed E-state index contributed by atoms with van der Waals surface area (Å²) in [4.78, 5) is 2.27. The Bertz CT molecular complexity index is 447. The van der Waals surface area contributed by atoms with Crippen LogP contribution in [0.15, 0.2) is 18.2 Å². The zero-order valence-corrected chi connectivity index (χ0v) is 13.2. The lowest BCUT2D eigenvalue weighted by Crippen LogP contribution is -2.36. The normalized spacial score (nSPS) is 15.4. The summed E-state index contributed by atoms with van der Waals surface area (Å²) in [6, 6.07) is 5.99. The number of nitrogens with zero attached hydrogens (tertiary/aromatic N) is 1. The molecule has 1 aromatic carbocycles. The van der Waals surface area contributed by atoms with E-state index in [2.05, 4.69) is 37.9 Å². The van der Waals surface area contributed by atoms with Crippen LogP contribution in [0.3, 0.4) is 0 Å². The van der Waals surface area contributed by atoms with Crippen molar-refractivity contribution in [2.45, 2.75) is 65.1 Å². The second-order valence-corrected chi connectivity index (χ2v) is 6.78. The van der Waals surface area contributed by atoms with E-state index < -0.39 is 0 Å². The van der Waals surface area contributed by atoms with Gasteiger partial charge in [-0.1, -0.05) is 19.1 Å². The van der Waals surface area contributed by atoms with Crippen molar-refractivity contribution in [3.63, 3.8) is 0 Å². The Hall–Kier alpha value is -1.09. The van der Waals surface area contributed by atoms with Gasteiger partial charge in [-0.05, 0) is 51.7 Å². The number of anilines is 1. The topological polar surface area (TPSA) is 15.3 Å². The van der Waals surface area contributed by atoms with Crippen LogP contribution >= 0.6 is 0 Å². The van der Waals surface area contributed by atoms with Gasteiger partial charge in [-0.2, -0.15) is 0 Å². The number of para-hydroxylation sites is 1. The molecular weight excluding hydrogens is 251 g/mol. The molecule has 0 atom stereocenters. The van der Waals surface area contributed by atoms with Crippen LogP contribution in [0, 0.1) is 5.82 Å². The molecule has 0 spiro atoms. The molecule has 0 unspecified atom stereocenters. The zero-order chi connectivity index (χ0) is 14.8. The monoisotopic (exact) mass is 278 g/mol. The third-order valence-corrected chi connectivity index (χ3v) is 3.62. The average Bonchev–Trinajstić information content (AvgIpc) is 3.17. The van der Waals surface area contributed by atoms with Gasteiger partial charge in [0.05, 0.1) is 5.69 Å². The van der Waals surface area contributed by atoms with Gasteiger partial charge in [0.2, 0.25) is 0 Å². The first kappa shape index (κ1) is 15.3. The molecule has 3 heteroatoms. The third-order valence-electron chi connectivity index (χ3n) is 3.62. The van der Waals surface area contributed by atoms with Crippen LogP contribution < -0.4 is 10.2 Å². The molecule has 0 aromatic heterocycles. The van der Waals surface area contributed by atoms with E-state index >= 15 is 0 Å². The van der Waals surface area contributed by atoms with Crippen LogP contribution in [0.25, 0.3) is 0 Å². The summed E-state index contributed by atoms with van der Waals surface area (Å²) in [5.41, 5.74) is 1.92. The first-order chi connectivity index (χ1) is 9.42. The predicted molar refractivity (Wildman–Crippen MR) is 83.7 cm³/mol. The summed E-state index contributed by atoms with van der Waals surface area (Å²) in [5.74, 6) is -0.0847. The molecule has 1 aromatic rings. The molecule has 2 rings (SSSR count). The summed E-state index contributed by atoms with van der Waals surface area (Å²) < 4.78 is 14.4. The first-order valence-electron chi connectivity index (χ1n) is 7.71. The molecular formula is C17H27FN2. The van der Waals surface area contributed by atoms with Gasteiger partial charge in [0.15, 0.2) is 0 Å². The van der Waals surface area contributed by atoms with E-state index in [1.165, 1.54) is 12.8 Å². The van der Waals surface area contributed by atoms with Crippen LogP contribution in [0.2, 0.25) is 0 Å². The minimum Gasteiger partial charge on any atom is -0.366 e. The Balaban J connectivity index is 2.25. The lowest BCUT2D eigenvalue weighted by Gasteiger charge is -2.29. The summed E-state index contributed by atoms with van der Waals surface area (Å²) in [5, 5.41) is 3.47. The van der Waals surface area contributed by atoms with Gasteiger partial charge in [-0.3, -0.25) is 0 Å². The molecule has 20 heavy (non-hydrogen) atoms. The Morgan fingerprint density at radius 2 is 2.00 bits per heavy atom. The van der Waals surface area contributed by atoms with Crippen molar-refractivity contribution < 1.29 is 4.39 Å². The van der Waals surface area contributed by atoms with Gasteiger partial charge >= 0.3 is 0 Å². The van der Waals surface area contributed by atoms with Crippen LogP contribution in [0.4, 0.5) is 10.1 Å². The maximum Gasteiger partial charge on any atom is 0.146 e. The summed E-state index contributed by atoms with van der Waals surface area (Å²) in [7, 11) is 0. The molecule has 0 radical (unpaired) electrons. The van der Waals surface area contributed by atoms with Gasteiger partial charge in [-0.15, -0.1) is 0 Å². The molecule has 1 fully saturated rings. The van der Waals surface area contributed by atoms with Crippen molar-refractivity contribution in [2.24, 2.45) is 0 Å². The number of nitrogens with one attached hydrogen (secondary N) is 1. The van der Waals surface area contributed by atoms with Gasteiger partial charge in [0.25, 0.3) is 0 Å². The highest BCUT2D eigenvalue weighted by molar-refractivity contribution is 5.56. The number of hydrogen-bond acceptors (Lipinski definition) is 2. The van der Waals surface area contributed by atoms with E-state index in [9.17, 15) is 4.39 Å². The number of hydrogen-bond donors (Lipinski definition) is 1. The van der Waals surface area contributed by atoms with E-state index in [4.69, 9.17) is 0 Å². The Morgan fingerprint density at radius 1 is 1.30 bits per heavy atom. The predicted octanol–water partition coefficient (Wildman–Crippen LogP) is 4.09. The van der Waals surface area contributed by atoms with E-state index in [0.717, 1.165) is 24.2 Å². The summed E-state index contributed by atoms with van der Waals surface area (Å²) in [6.45, 7) is 10.2. The second kappa shape index (κ2) is 6.13. The lowest BCUT2D eigenvalue weighted by atomic mass is 10.1. The van der Waals surface area contributed by atoms with Crippen molar-refractivity contribution in [2.75, 3.05) is 11.4 Å². The van der Waals surface area contributed by atoms with Gasteiger partial charge < -0.3 is 10.2 Å². The quantitative estimate of drug-likeness (QED) is 0.843. The van der Waals surface area contributed by atoms with E-state index in [0.29, 0.717) is 12.6 Å². The molecule has 1 saturated carbocycles. The van der Waals surface area contributed by atoms with Gasteiger partial charge in [-0.25, -0.2) is 4.39 Å². The third kappa shape index (κ3) is 3.95. The Kier molecular flexibility index (Phi) is 4.69. The van der Waals surface area contributed by atoms with Crippen LogP contribution in [0.5, 0.6) is 0 Å².